The van der Waals surface area contributed by atoms with E-state index in [-0.39, 0.29) is 41.8 Å². The summed E-state index contributed by atoms with van der Waals surface area (Å²) in [5.41, 5.74) is 1.000. The molecule has 0 radical (unpaired) electrons. The molecule has 3 saturated carbocycles. The van der Waals surface area contributed by atoms with Gasteiger partial charge in [0.1, 0.15) is 5.76 Å². The molecule has 6 nitrogen and oxygen atoms in total. The molecule has 0 aromatic carbocycles. The smallest absolute Gasteiger partial charge is 0.303 e. The van der Waals surface area contributed by atoms with Crippen LogP contribution in [0.4, 0.5) is 0 Å². The maximum Gasteiger partial charge on any atom is 0.303 e. The predicted octanol–water partition coefficient (Wildman–Crippen LogP) is 4.51. The lowest BCUT2D eigenvalue weighted by Crippen LogP contribution is -2.60. The van der Waals surface area contributed by atoms with E-state index < -0.39 is 23.1 Å². The van der Waals surface area contributed by atoms with Crippen LogP contribution in [0.5, 0.6) is 0 Å². The Hall–Kier alpha value is -1.92. The highest BCUT2D eigenvalue weighted by Gasteiger charge is 2.66. The highest BCUT2D eigenvalue weighted by Crippen LogP contribution is 2.68. The molecule has 0 spiro atoms. The summed E-state index contributed by atoms with van der Waals surface area (Å²) in [7, 11) is 0. The van der Waals surface area contributed by atoms with Gasteiger partial charge in [-0.25, -0.2) is 0 Å². The van der Waals surface area contributed by atoms with Crippen molar-refractivity contribution < 1.29 is 29.3 Å². The monoisotopic (exact) mass is 456 g/mol. The predicted molar refractivity (Wildman–Crippen MR) is 122 cm³/mol. The molecule has 3 N–H and O–H groups in total. The normalized spacial score (nSPS) is 42.6. The zero-order chi connectivity index (χ0) is 23.8. The number of carboxylic acids is 1. The third-order valence-electron chi connectivity index (χ3n) is 10.2. The maximum absolute atomic E-state index is 13.1. The molecule has 0 amide bonds. The number of aliphatic hydroxyl groups excluding tert-OH is 1. The van der Waals surface area contributed by atoms with Crippen LogP contribution in [0.2, 0.25) is 0 Å². The van der Waals surface area contributed by atoms with Gasteiger partial charge in [-0.15, -0.1) is 0 Å². The van der Waals surface area contributed by atoms with Crippen LogP contribution in [0.25, 0.3) is 5.57 Å². The van der Waals surface area contributed by atoms with Crippen molar-refractivity contribution in [2.45, 2.75) is 90.3 Å². The van der Waals surface area contributed by atoms with Gasteiger partial charge in [-0.05, 0) is 92.2 Å². The van der Waals surface area contributed by atoms with Crippen LogP contribution in [0.15, 0.2) is 22.3 Å². The first kappa shape index (κ1) is 22.9. The molecule has 5 rings (SSSR count). The van der Waals surface area contributed by atoms with Gasteiger partial charge in [-0.1, -0.05) is 13.8 Å². The van der Waals surface area contributed by atoms with Gasteiger partial charge in [0.25, 0.3) is 0 Å². The Balaban J connectivity index is 1.54. The molecule has 3 fully saturated rings. The second-order valence-electron chi connectivity index (χ2n) is 11.6. The zero-order valence-electron chi connectivity index (χ0n) is 19.9. The first-order chi connectivity index (χ1) is 15.5. The van der Waals surface area contributed by atoms with Gasteiger partial charge in [0.05, 0.1) is 23.5 Å². The van der Waals surface area contributed by atoms with Gasteiger partial charge in [-0.3, -0.25) is 9.59 Å². The number of hydrogen-bond donors (Lipinski definition) is 3. The molecular weight excluding hydrogens is 420 g/mol. The number of hydrogen-bond acceptors (Lipinski definition) is 5. The van der Waals surface area contributed by atoms with Crippen LogP contribution in [0.3, 0.4) is 0 Å². The van der Waals surface area contributed by atoms with Gasteiger partial charge in [-0.2, -0.15) is 0 Å². The summed E-state index contributed by atoms with van der Waals surface area (Å²) in [5.74, 6) is 0.446. The van der Waals surface area contributed by atoms with Crippen molar-refractivity contribution in [2.24, 2.45) is 28.6 Å². The van der Waals surface area contributed by atoms with Crippen LogP contribution in [-0.4, -0.2) is 38.8 Å². The van der Waals surface area contributed by atoms with Gasteiger partial charge < -0.3 is 19.7 Å². The van der Waals surface area contributed by atoms with E-state index in [0.29, 0.717) is 25.0 Å². The SMILES string of the molecule is Cc1ccoc1C1=C2CC[C@@H]3[C@H]([C@H](O)C[C@@]4(C)[C@H]3CC[C@@]4(O)CCC(=O)O)[C@@]2(C)CCC1=O. The molecule has 1 heterocycles. The number of allylic oxidation sites excluding steroid dienone is 1. The lowest BCUT2D eigenvalue weighted by Gasteiger charge is -2.61. The minimum absolute atomic E-state index is 0.0273. The van der Waals surface area contributed by atoms with Crippen LogP contribution >= 0.6 is 0 Å². The number of Topliss-reactive ketones (excluding diaryl/α,β-unsaturated/α-hetero) is 1. The topological polar surface area (TPSA) is 108 Å². The minimum Gasteiger partial charge on any atom is -0.481 e. The molecule has 6 heteroatoms. The summed E-state index contributed by atoms with van der Waals surface area (Å²) >= 11 is 0. The Morgan fingerprint density at radius 1 is 1.21 bits per heavy atom. The Morgan fingerprint density at radius 2 is 1.97 bits per heavy atom. The number of aliphatic hydroxyl groups is 2. The number of aliphatic carboxylic acids is 1. The number of carbonyl (C=O) groups is 2. The Morgan fingerprint density at radius 3 is 2.64 bits per heavy atom. The molecule has 7 atom stereocenters. The molecule has 4 aliphatic carbocycles. The maximum atomic E-state index is 13.1. The van der Waals surface area contributed by atoms with E-state index in [4.69, 9.17) is 4.42 Å². The van der Waals surface area contributed by atoms with Crippen LogP contribution in [0, 0.1) is 35.5 Å². The molecule has 0 saturated heterocycles. The number of fused-ring (bicyclic) bond motifs is 5. The van der Waals surface area contributed by atoms with Crippen molar-refractivity contribution >= 4 is 17.3 Å². The van der Waals surface area contributed by atoms with Gasteiger partial charge in [0, 0.05) is 18.3 Å². The lowest BCUT2D eigenvalue weighted by atomic mass is 9.45. The molecule has 1 aromatic heterocycles. The standard InChI is InChI=1S/C27H36O6/c1-15-9-13-33-24(15)22-18-5-4-16-17-6-11-27(32,12-8-21(30)31)26(17,3)14-20(29)23(16)25(18,2)10-7-19(22)28/h9,13,16-17,20,23,29,32H,4-8,10-12,14H2,1-3H3,(H,30,31)/t16-,17-,20+,23+,25-,26-,27+/m0/s1. The zero-order valence-corrected chi connectivity index (χ0v) is 19.9. The fraction of sp³-hybridized carbons (Fsp3) is 0.704. The van der Waals surface area contributed by atoms with Crippen LogP contribution in [-0.2, 0) is 9.59 Å². The summed E-state index contributed by atoms with van der Waals surface area (Å²) in [6.45, 7) is 6.26. The van der Waals surface area contributed by atoms with Gasteiger partial charge >= 0.3 is 5.97 Å². The fourth-order valence-corrected chi connectivity index (χ4v) is 8.56. The molecule has 4 aliphatic rings. The number of aryl methyl sites for hydroxylation is 1. The second-order valence-corrected chi connectivity index (χ2v) is 11.6. The van der Waals surface area contributed by atoms with E-state index in [2.05, 4.69) is 13.8 Å². The Labute approximate surface area is 195 Å². The fourth-order valence-electron chi connectivity index (χ4n) is 8.56. The average Bonchev–Trinajstić information content (AvgIpc) is 3.27. The number of carboxylic acid groups (broad SMARTS) is 1. The number of rotatable bonds is 4. The summed E-state index contributed by atoms with van der Waals surface area (Å²) in [6.07, 6.45) is 6.00. The summed E-state index contributed by atoms with van der Waals surface area (Å²) in [6, 6.07) is 1.89. The highest BCUT2D eigenvalue weighted by molar-refractivity contribution is 6.22. The van der Waals surface area contributed by atoms with E-state index in [1.165, 1.54) is 0 Å². The van der Waals surface area contributed by atoms with E-state index in [0.717, 1.165) is 42.4 Å². The summed E-state index contributed by atoms with van der Waals surface area (Å²) in [4.78, 5) is 24.3. The van der Waals surface area contributed by atoms with Crippen molar-refractivity contribution in [1.29, 1.82) is 0 Å². The molecule has 180 valence electrons. The molecule has 1 aromatic rings. The molecule has 0 aliphatic heterocycles. The van der Waals surface area contributed by atoms with Crippen molar-refractivity contribution in [1.82, 2.24) is 0 Å². The van der Waals surface area contributed by atoms with Crippen LogP contribution < -0.4 is 0 Å². The largest absolute Gasteiger partial charge is 0.481 e. The lowest BCUT2D eigenvalue weighted by molar-refractivity contribution is -0.175. The Bertz CT molecular complexity index is 1020. The van der Waals surface area contributed by atoms with E-state index in [1.54, 1.807) is 6.26 Å². The summed E-state index contributed by atoms with van der Waals surface area (Å²) < 4.78 is 5.77. The minimum atomic E-state index is -1.06. The van der Waals surface area contributed by atoms with E-state index in [1.807, 2.05) is 13.0 Å². The van der Waals surface area contributed by atoms with Gasteiger partial charge in [0.2, 0.25) is 0 Å². The molecule has 0 bridgehead atoms. The van der Waals surface area contributed by atoms with Crippen molar-refractivity contribution in [2.75, 3.05) is 0 Å². The Kier molecular flexibility index (Phi) is 5.22. The van der Waals surface area contributed by atoms with Crippen molar-refractivity contribution in [3.63, 3.8) is 0 Å². The van der Waals surface area contributed by atoms with Crippen molar-refractivity contribution in [3.05, 3.63) is 29.2 Å². The van der Waals surface area contributed by atoms with E-state index >= 15 is 0 Å². The van der Waals surface area contributed by atoms with Crippen molar-refractivity contribution in [3.8, 4) is 0 Å². The third-order valence-corrected chi connectivity index (χ3v) is 10.2. The first-order valence-corrected chi connectivity index (χ1v) is 12.5. The molecule has 0 unspecified atom stereocenters. The third kappa shape index (κ3) is 3.13. The van der Waals surface area contributed by atoms with Crippen LogP contribution in [0.1, 0.15) is 83.0 Å². The van der Waals surface area contributed by atoms with Gasteiger partial charge in [0.15, 0.2) is 5.78 Å². The second kappa shape index (κ2) is 7.54. The number of carbonyl (C=O) groups excluding carboxylic acids is 1. The number of furan rings is 1. The highest BCUT2D eigenvalue weighted by atomic mass is 16.4. The average molecular weight is 457 g/mol. The number of ketones is 1. The molecular formula is C27H36O6. The van der Waals surface area contributed by atoms with E-state index in [9.17, 15) is 24.9 Å². The molecule has 33 heavy (non-hydrogen) atoms. The first-order valence-electron chi connectivity index (χ1n) is 12.5. The summed E-state index contributed by atoms with van der Waals surface area (Å²) in [5, 5.41) is 32.4. The quantitative estimate of drug-likeness (QED) is 0.615.